The van der Waals surface area contributed by atoms with E-state index in [1.54, 1.807) is 13.0 Å². The Bertz CT molecular complexity index is 1790. The van der Waals surface area contributed by atoms with E-state index < -0.39 is 43.4 Å². The minimum absolute atomic E-state index is 0.137. The van der Waals surface area contributed by atoms with Crippen LogP contribution in [0.25, 0.3) is 16.9 Å². The van der Waals surface area contributed by atoms with E-state index in [2.05, 4.69) is 9.97 Å². The van der Waals surface area contributed by atoms with Gasteiger partial charge in [0.05, 0.1) is 11.4 Å². The first kappa shape index (κ1) is 26.1. The number of hydrogen-bond donors (Lipinski definition) is 0. The minimum atomic E-state index is -3.93. The lowest BCUT2D eigenvalue weighted by atomic mass is 10.1. The first-order valence-electron chi connectivity index (χ1n) is 11.6. The van der Waals surface area contributed by atoms with Crippen molar-refractivity contribution >= 4 is 21.4 Å². The molecule has 2 atom stereocenters. The fourth-order valence-electron chi connectivity index (χ4n) is 4.80. The van der Waals surface area contributed by atoms with Crippen molar-refractivity contribution in [3.05, 3.63) is 104 Å². The Kier molecular flexibility index (Phi) is 6.43. The van der Waals surface area contributed by atoms with Gasteiger partial charge in [0, 0.05) is 35.8 Å². The largest absolute Gasteiger partial charge is 0.277 e. The highest BCUT2D eigenvalue weighted by atomic mass is 35.5. The second kappa shape index (κ2) is 9.36. The summed E-state index contributed by atoms with van der Waals surface area (Å²) in [6.07, 6.45) is 4.17. The maximum absolute atomic E-state index is 16.0. The minimum Gasteiger partial charge on any atom is -0.277 e. The normalized spacial score (nSPS) is 17.0. The van der Waals surface area contributed by atoms with Gasteiger partial charge in [0.25, 0.3) is 5.56 Å². The zero-order valence-electron chi connectivity index (χ0n) is 20.5. The van der Waals surface area contributed by atoms with Gasteiger partial charge >= 0.3 is 0 Å². The van der Waals surface area contributed by atoms with Gasteiger partial charge in [0.15, 0.2) is 21.5 Å². The van der Waals surface area contributed by atoms with Crippen LogP contribution in [0, 0.1) is 31.3 Å². The van der Waals surface area contributed by atoms with Crippen LogP contribution >= 0.6 is 11.6 Å². The van der Waals surface area contributed by atoms with Gasteiger partial charge in [-0.3, -0.25) is 19.3 Å². The van der Waals surface area contributed by atoms with Crippen LogP contribution in [0.5, 0.6) is 0 Å². The van der Waals surface area contributed by atoms with Gasteiger partial charge in [0.2, 0.25) is 0 Å². The molecule has 0 unspecified atom stereocenters. The van der Waals surface area contributed by atoms with Crippen LogP contribution in [0.1, 0.15) is 40.8 Å². The Morgan fingerprint density at radius 2 is 1.76 bits per heavy atom. The number of aryl methyl sites for hydroxylation is 2. The van der Waals surface area contributed by atoms with Crippen LogP contribution in [0.2, 0.25) is 5.02 Å². The van der Waals surface area contributed by atoms with Gasteiger partial charge in [-0.05, 0) is 67.6 Å². The van der Waals surface area contributed by atoms with E-state index in [0.29, 0.717) is 23.4 Å². The predicted octanol–water partition coefficient (Wildman–Crippen LogP) is 5.66. The SMILES string of the molecule is Cc1cnc(-c2cccc(S(C)(=O)=O)c2F)c(F)c1-n1c(C)cc([C@H]2C[C@@H]2c2ncccc2F)c(Cl)c1=O. The number of nitrogens with zero attached hydrogens (tertiary/aromatic N) is 3. The number of benzene rings is 1. The zero-order valence-corrected chi connectivity index (χ0v) is 22.0. The first-order chi connectivity index (χ1) is 17.9. The molecule has 11 heteroatoms. The summed E-state index contributed by atoms with van der Waals surface area (Å²) < 4.78 is 70.4. The molecule has 196 valence electrons. The number of halogens is 4. The Labute approximate surface area is 221 Å². The summed E-state index contributed by atoms with van der Waals surface area (Å²) in [7, 11) is -3.93. The van der Waals surface area contributed by atoms with Gasteiger partial charge in [-0.1, -0.05) is 17.7 Å². The maximum atomic E-state index is 16.0. The van der Waals surface area contributed by atoms with Gasteiger partial charge in [-0.15, -0.1) is 0 Å². The molecule has 0 aliphatic heterocycles. The molecule has 0 amide bonds. The van der Waals surface area contributed by atoms with Crippen LogP contribution in [-0.2, 0) is 9.84 Å². The molecule has 4 aromatic rings. The Balaban J connectivity index is 1.63. The first-order valence-corrected chi connectivity index (χ1v) is 13.9. The van der Waals surface area contributed by atoms with Crippen LogP contribution in [0.4, 0.5) is 13.2 Å². The highest BCUT2D eigenvalue weighted by Gasteiger charge is 2.44. The fourth-order valence-corrected chi connectivity index (χ4v) is 5.84. The van der Waals surface area contributed by atoms with Crippen LogP contribution in [0.3, 0.4) is 0 Å². The molecule has 0 bridgehead atoms. The summed E-state index contributed by atoms with van der Waals surface area (Å²) >= 11 is 6.49. The average Bonchev–Trinajstić information content (AvgIpc) is 3.64. The second-order valence-corrected chi connectivity index (χ2v) is 11.7. The lowest BCUT2D eigenvalue weighted by Crippen LogP contribution is -2.24. The standard InChI is InChI=1S/C27H21ClF3N3O3S/c1-13-12-33-25(15-6-4-8-20(22(15)30)38(3,36)37)23(31)26(13)34-14(2)10-17(21(28)27(34)35)16-11-18(16)24-19(29)7-5-9-32-24/h4-10,12,16,18H,11H2,1-3H3/t16-,18+/m1/s1. The number of hydrogen-bond acceptors (Lipinski definition) is 5. The monoisotopic (exact) mass is 559 g/mol. The third-order valence-electron chi connectivity index (χ3n) is 6.71. The van der Waals surface area contributed by atoms with Crippen molar-refractivity contribution in [2.45, 2.75) is 37.0 Å². The lowest BCUT2D eigenvalue weighted by molar-refractivity contribution is 0.569. The van der Waals surface area contributed by atoms with Crippen molar-refractivity contribution < 1.29 is 21.6 Å². The second-order valence-electron chi connectivity index (χ2n) is 9.36. The Morgan fingerprint density at radius 3 is 2.45 bits per heavy atom. The molecule has 1 aliphatic carbocycles. The molecule has 0 saturated heterocycles. The number of sulfone groups is 1. The third-order valence-corrected chi connectivity index (χ3v) is 8.20. The van der Waals surface area contributed by atoms with E-state index in [-0.39, 0.29) is 33.7 Å². The Hall–Kier alpha value is -3.50. The molecule has 3 heterocycles. The quantitative estimate of drug-likeness (QED) is 0.315. The molecule has 1 aromatic carbocycles. The molecule has 0 spiro atoms. The van der Waals surface area contributed by atoms with Crippen molar-refractivity contribution in [2.24, 2.45) is 0 Å². The highest BCUT2D eigenvalue weighted by molar-refractivity contribution is 7.90. The number of aromatic nitrogens is 3. The van der Waals surface area contributed by atoms with Crippen molar-refractivity contribution in [1.29, 1.82) is 0 Å². The van der Waals surface area contributed by atoms with E-state index in [4.69, 9.17) is 11.6 Å². The molecule has 1 saturated carbocycles. The molecule has 1 aliphatic rings. The number of pyridine rings is 3. The molecule has 5 rings (SSSR count). The summed E-state index contributed by atoms with van der Waals surface area (Å²) in [5, 5.41) is -0.137. The molecule has 0 radical (unpaired) electrons. The maximum Gasteiger partial charge on any atom is 0.274 e. The molecule has 38 heavy (non-hydrogen) atoms. The molecule has 6 nitrogen and oxygen atoms in total. The van der Waals surface area contributed by atoms with Crippen LogP contribution < -0.4 is 5.56 Å². The molecule has 3 aromatic heterocycles. The van der Waals surface area contributed by atoms with E-state index in [9.17, 15) is 17.6 Å². The predicted molar refractivity (Wildman–Crippen MR) is 137 cm³/mol. The van der Waals surface area contributed by atoms with E-state index in [0.717, 1.165) is 16.9 Å². The molecule has 1 fully saturated rings. The van der Waals surface area contributed by atoms with Gasteiger partial charge < -0.3 is 0 Å². The summed E-state index contributed by atoms with van der Waals surface area (Å²) in [4.78, 5) is 21.0. The number of rotatable bonds is 5. The summed E-state index contributed by atoms with van der Waals surface area (Å²) in [5.74, 6) is -3.05. The summed E-state index contributed by atoms with van der Waals surface area (Å²) in [6, 6.07) is 8.05. The fraction of sp³-hybridized carbons (Fsp3) is 0.222. The third kappa shape index (κ3) is 4.31. The smallest absolute Gasteiger partial charge is 0.274 e. The zero-order chi connectivity index (χ0) is 27.5. The molecular formula is C27H21ClF3N3O3S. The molecule has 0 N–H and O–H groups in total. The van der Waals surface area contributed by atoms with E-state index in [1.807, 2.05) is 0 Å². The summed E-state index contributed by atoms with van der Waals surface area (Å²) in [5.41, 5.74) is -0.247. The summed E-state index contributed by atoms with van der Waals surface area (Å²) in [6.45, 7) is 3.14. The van der Waals surface area contributed by atoms with Crippen LogP contribution in [0.15, 0.2) is 58.5 Å². The molecular weight excluding hydrogens is 539 g/mol. The topological polar surface area (TPSA) is 81.9 Å². The Morgan fingerprint density at radius 1 is 1.03 bits per heavy atom. The van der Waals surface area contributed by atoms with Crippen molar-refractivity contribution in [3.63, 3.8) is 0 Å². The van der Waals surface area contributed by atoms with Crippen molar-refractivity contribution in [1.82, 2.24) is 14.5 Å². The van der Waals surface area contributed by atoms with Gasteiger partial charge in [0.1, 0.15) is 21.4 Å². The van der Waals surface area contributed by atoms with Crippen molar-refractivity contribution in [3.8, 4) is 16.9 Å². The average molecular weight is 560 g/mol. The van der Waals surface area contributed by atoms with Crippen molar-refractivity contribution in [2.75, 3.05) is 6.26 Å². The van der Waals surface area contributed by atoms with E-state index in [1.165, 1.54) is 43.6 Å². The van der Waals surface area contributed by atoms with Gasteiger partial charge in [-0.25, -0.2) is 21.6 Å². The van der Waals surface area contributed by atoms with Gasteiger partial charge in [-0.2, -0.15) is 0 Å². The van der Waals surface area contributed by atoms with Crippen LogP contribution in [-0.4, -0.2) is 29.2 Å². The lowest BCUT2D eigenvalue weighted by Gasteiger charge is -2.18. The highest BCUT2D eigenvalue weighted by Crippen LogP contribution is 2.55. The van der Waals surface area contributed by atoms with E-state index >= 15 is 8.78 Å².